The first-order chi connectivity index (χ1) is 9.24. The minimum absolute atomic E-state index is 0.209. The van der Waals surface area contributed by atoms with Crippen molar-refractivity contribution >= 4 is 21.7 Å². The standard InChI is InChI=1S/C12H15N3O4S/c1-15(2)8-9-3-4-10(14-12(16)5-6-13)7-11(9)20(17,18)19/h3-4,7H,5,8H2,1-2H3,(H,14,16)(H,17,18,19). The highest BCUT2D eigenvalue weighted by atomic mass is 32.2. The second kappa shape index (κ2) is 6.47. The number of carbonyl (C=O) groups is 1. The van der Waals surface area contributed by atoms with E-state index in [-0.39, 0.29) is 17.0 Å². The molecule has 0 saturated heterocycles. The van der Waals surface area contributed by atoms with Crippen molar-refractivity contribution in [2.24, 2.45) is 0 Å². The third kappa shape index (κ3) is 4.62. The highest BCUT2D eigenvalue weighted by Gasteiger charge is 2.17. The summed E-state index contributed by atoms with van der Waals surface area (Å²) in [4.78, 5) is 12.8. The summed E-state index contributed by atoms with van der Waals surface area (Å²) in [6.07, 6.45) is -0.333. The second-order valence-electron chi connectivity index (χ2n) is 4.42. The van der Waals surface area contributed by atoms with E-state index in [1.54, 1.807) is 25.1 Å². The zero-order valence-electron chi connectivity index (χ0n) is 11.1. The van der Waals surface area contributed by atoms with E-state index in [0.29, 0.717) is 12.1 Å². The Labute approximate surface area is 117 Å². The Morgan fingerprint density at radius 2 is 2.10 bits per heavy atom. The fourth-order valence-corrected chi connectivity index (χ4v) is 2.36. The summed E-state index contributed by atoms with van der Waals surface area (Å²) in [6, 6.07) is 5.88. The summed E-state index contributed by atoms with van der Waals surface area (Å²) in [5.74, 6) is -0.547. The van der Waals surface area contributed by atoms with Crippen LogP contribution in [-0.4, -0.2) is 37.9 Å². The lowest BCUT2D eigenvalue weighted by Crippen LogP contribution is -2.15. The highest BCUT2D eigenvalue weighted by molar-refractivity contribution is 7.85. The van der Waals surface area contributed by atoms with Crippen molar-refractivity contribution in [3.05, 3.63) is 23.8 Å². The lowest BCUT2D eigenvalue weighted by Gasteiger charge is -2.14. The van der Waals surface area contributed by atoms with Gasteiger partial charge in [0.2, 0.25) is 5.91 Å². The average molecular weight is 297 g/mol. The third-order valence-corrected chi connectivity index (χ3v) is 3.29. The van der Waals surface area contributed by atoms with Crippen molar-refractivity contribution in [2.75, 3.05) is 19.4 Å². The molecule has 0 spiro atoms. The van der Waals surface area contributed by atoms with Gasteiger partial charge in [0.25, 0.3) is 10.1 Å². The van der Waals surface area contributed by atoms with Gasteiger partial charge >= 0.3 is 0 Å². The molecule has 0 atom stereocenters. The Balaban J connectivity index is 3.15. The van der Waals surface area contributed by atoms with Crippen LogP contribution in [0.15, 0.2) is 23.1 Å². The molecule has 0 bridgehead atoms. The smallest absolute Gasteiger partial charge is 0.294 e. The Morgan fingerprint density at radius 1 is 1.45 bits per heavy atom. The largest absolute Gasteiger partial charge is 0.325 e. The van der Waals surface area contributed by atoms with Gasteiger partial charge < -0.3 is 10.2 Å². The average Bonchev–Trinajstić information content (AvgIpc) is 2.29. The molecule has 108 valence electrons. The van der Waals surface area contributed by atoms with E-state index in [0.717, 1.165) is 0 Å². The predicted molar refractivity (Wildman–Crippen MR) is 72.5 cm³/mol. The van der Waals surface area contributed by atoms with Crippen molar-refractivity contribution in [3.63, 3.8) is 0 Å². The summed E-state index contributed by atoms with van der Waals surface area (Å²) in [7, 11) is -0.872. The van der Waals surface area contributed by atoms with Crippen molar-refractivity contribution < 1.29 is 17.8 Å². The maximum absolute atomic E-state index is 11.4. The van der Waals surface area contributed by atoms with Gasteiger partial charge in [-0.05, 0) is 31.8 Å². The third-order valence-electron chi connectivity index (χ3n) is 2.36. The number of anilines is 1. The lowest BCUT2D eigenvalue weighted by molar-refractivity contribution is -0.115. The van der Waals surface area contributed by atoms with Crippen molar-refractivity contribution in [2.45, 2.75) is 17.9 Å². The number of nitrogens with zero attached hydrogens (tertiary/aromatic N) is 2. The van der Waals surface area contributed by atoms with Crippen LogP contribution in [0.1, 0.15) is 12.0 Å². The number of carbonyl (C=O) groups excluding carboxylic acids is 1. The Bertz CT molecular complexity index is 647. The fourth-order valence-electron chi connectivity index (χ4n) is 1.62. The number of rotatable bonds is 5. The van der Waals surface area contributed by atoms with Crippen LogP contribution >= 0.6 is 0 Å². The van der Waals surface area contributed by atoms with Crippen LogP contribution in [0.4, 0.5) is 5.69 Å². The van der Waals surface area contributed by atoms with Gasteiger partial charge in [0.15, 0.2) is 0 Å². The molecule has 8 heteroatoms. The second-order valence-corrected chi connectivity index (χ2v) is 5.81. The van der Waals surface area contributed by atoms with Crippen LogP contribution in [0.2, 0.25) is 0 Å². The molecule has 20 heavy (non-hydrogen) atoms. The lowest BCUT2D eigenvalue weighted by atomic mass is 10.2. The van der Waals surface area contributed by atoms with Gasteiger partial charge in [-0.2, -0.15) is 13.7 Å². The van der Waals surface area contributed by atoms with Gasteiger partial charge in [-0.25, -0.2) is 0 Å². The molecular formula is C12H15N3O4S. The van der Waals surface area contributed by atoms with Crippen molar-refractivity contribution in [1.82, 2.24) is 4.90 Å². The minimum Gasteiger partial charge on any atom is -0.325 e. The molecule has 7 nitrogen and oxygen atoms in total. The van der Waals surface area contributed by atoms with E-state index >= 15 is 0 Å². The summed E-state index contributed by atoms with van der Waals surface area (Å²) in [6.45, 7) is 0.321. The molecule has 1 aromatic carbocycles. The molecular weight excluding hydrogens is 282 g/mol. The Morgan fingerprint density at radius 3 is 2.60 bits per heavy atom. The number of nitriles is 1. The quantitative estimate of drug-likeness (QED) is 0.779. The SMILES string of the molecule is CN(C)Cc1ccc(NC(=O)CC#N)cc1S(=O)(=O)O. The van der Waals surface area contributed by atoms with E-state index in [1.807, 2.05) is 0 Å². The first-order valence-electron chi connectivity index (χ1n) is 5.66. The number of benzene rings is 1. The van der Waals surface area contributed by atoms with E-state index in [1.165, 1.54) is 18.2 Å². The number of amides is 1. The number of nitrogens with one attached hydrogen (secondary N) is 1. The van der Waals surface area contributed by atoms with Gasteiger partial charge in [0, 0.05) is 12.2 Å². The molecule has 0 aliphatic heterocycles. The molecule has 0 saturated carbocycles. The monoisotopic (exact) mass is 297 g/mol. The van der Waals surface area contributed by atoms with Gasteiger partial charge in [0.1, 0.15) is 11.3 Å². The van der Waals surface area contributed by atoms with Crippen LogP contribution in [0.25, 0.3) is 0 Å². The van der Waals surface area contributed by atoms with Gasteiger partial charge in [-0.1, -0.05) is 6.07 Å². The van der Waals surface area contributed by atoms with Crippen molar-refractivity contribution in [1.29, 1.82) is 5.26 Å². The minimum atomic E-state index is -4.39. The molecule has 0 unspecified atom stereocenters. The van der Waals surface area contributed by atoms with Gasteiger partial charge in [-0.3, -0.25) is 9.35 Å². The number of hydrogen-bond acceptors (Lipinski definition) is 5. The van der Waals surface area contributed by atoms with E-state index in [4.69, 9.17) is 5.26 Å². The molecule has 1 amide bonds. The zero-order chi connectivity index (χ0) is 15.3. The molecule has 2 N–H and O–H groups in total. The van der Waals surface area contributed by atoms with Crippen LogP contribution in [0, 0.1) is 11.3 Å². The topological polar surface area (TPSA) is 111 Å². The fraction of sp³-hybridized carbons (Fsp3) is 0.333. The van der Waals surface area contributed by atoms with Gasteiger partial charge in [0.05, 0.1) is 6.07 Å². The van der Waals surface area contributed by atoms with Crippen molar-refractivity contribution in [3.8, 4) is 6.07 Å². The van der Waals surface area contributed by atoms with Crippen LogP contribution < -0.4 is 5.32 Å². The summed E-state index contributed by atoms with van der Waals surface area (Å²) < 4.78 is 32.0. The van der Waals surface area contributed by atoms with E-state index in [9.17, 15) is 17.8 Å². The Kier molecular flexibility index (Phi) is 5.21. The molecule has 1 rings (SSSR count). The normalized spacial score (nSPS) is 11.2. The van der Waals surface area contributed by atoms with Crippen LogP contribution in [-0.2, 0) is 21.5 Å². The van der Waals surface area contributed by atoms with E-state index < -0.39 is 16.0 Å². The summed E-state index contributed by atoms with van der Waals surface area (Å²) in [5.41, 5.74) is 0.621. The molecule has 0 aliphatic carbocycles. The van der Waals surface area contributed by atoms with Crippen LogP contribution in [0.3, 0.4) is 0 Å². The maximum Gasteiger partial charge on any atom is 0.294 e. The predicted octanol–water partition coefficient (Wildman–Crippen LogP) is 0.847. The molecule has 1 aromatic rings. The van der Waals surface area contributed by atoms with E-state index in [2.05, 4.69) is 5.32 Å². The van der Waals surface area contributed by atoms with Crippen LogP contribution in [0.5, 0.6) is 0 Å². The molecule has 0 radical (unpaired) electrons. The molecule has 0 fully saturated rings. The first kappa shape index (κ1) is 16.1. The molecule has 0 heterocycles. The summed E-state index contributed by atoms with van der Waals surface area (Å²) in [5, 5.41) is 10.8. The Hall–Kier alpha value is -1.95. The molecule has 0 aliphatic rings. The van der Waals surface area contributed by atoms with Gasteiger partial charge in [-0.15, -0.1) is 0 Å². The first-order valence-corrected chi connectivity index (χ1v) is 7.10. The molecule has 0 aromatic heterocycles. The highest BCUT2D eigenvalue weighted by Crippen LogP contribution is 2.21. The maximum atomic E-state index is 11.4. The number of hydrogen-bond donors (Lipinski definition) is 2. The zero-order valence-corrected chi connectivity index (χ0v) is 11.9. The summed E-state index contributed by atoms with van der Waals surface area (Å²) >= 11 is 0.